The molecule has 1 aliphatic heterocycles. The number of unbranched alkanes of at least 4 members (excludes halogenated alkanes) is 6. The summed E-state index contributed by atoms with van der Waals surface area (Å²) in [6.07, 6.45) is 9.59. The summed E-state index contributed by atoms with van der Waals surface area (Å²) in [6.45, 7) is 4.13. The molecule has 0 N–H and O–H groups in total. The fourth-order valence-corrected chi connectivity index (χ4v) is 3.28. The second kappa shape index (κ2) is 10.2. The van der Waals surface area contributed by atoms with Crippen LogP contribution in [0.25, 0.3) is 0 Å². The molecule has 0 bridgehead atoms. The molecule has 1 aromatic carbocycles. The smallest absolute Gasteiger partial charge is 0.123 e. The molecule has 0 amide bonds. The minimum Gasteiger partial charge on any atom is -0.492 e. The second-order valence-corrected chi connectivity index (χ2v) is 6.69. The third kappa shape index (κ3) is 6.39. The largest absolute Gasteiger partial charge is 0.492 e. The van der Waals surface area contributed by atoms with E-state index < -0.39 is 0 Å². The normalized spacial score (nSPS) is 15.3. The van der Waals surface area contributed by atoms with Crippen molar-refractivity contribution in [2.75, 3.05) is 25.0 Å². The number of benzene rings is 1. The molecule has 1 aliphatic rings. The Labute approximate surface area is 138 Å². The highest BCUT2D eigenvalue weighted by Gasteiger charge is 2.13. The van der Waals surface area contributed by atoms with Crippen molar-refractivity contribution >= 4 is 15.9 Å². The van der Waals surface area contributed by atoms with Gasteiger partial charge in [-0.05, 0) is 25.5 Å². The molecule has 21 heavy (non-hydrogen) atoms. The average Bonchev–Trinajstić information content (AvgIpc) is 2.71. The zero-order valence-corrected chi connectivity index (χ0v) is 14.6. The summed E-state index contributed by atoms with van der Waals surface area (Å²) in [7, 11) is 0. The van der Waals surface area contributed by atoms with Crippen molar-refractivity contribution < 1.29 is 4.74 Å². The van der Waals surface area contributed by atoms with E-state index in [1.54, 1.807) is 0 Å². The fraction of sp³-hybridized carbons (Fsp3) is 0.667. The summed E-state index contributed by atoms with van der Waals surface area (Å²) in [5.41, 5.74) is 1.34. The Kier molecular flexibility index (Phi) is 8.20. The van der Waals surface area contributed by atoms with Gasteiger partial charge < -0.3 is 4.74 Å². The van der Waals surface area contributed by atoms with Gasteiger partial charge in [-0.25, -0.2) is 0 Å². The van der Waals surface area contributed by atoms with Crippen molar-refractivity contribution in [3.8, 4) is 5.75 Å². The SMILES string of the molecule is BrCCCCCCCCCN1CCOc2ccccc2C1. The summed E-state index contributed by atoms with van der Waals surface area (Å²) >= 11 is 3.49. The molecule has 1 heterocycles. The summed E-state index contributed by atoms with van der Waals surface area (Å²) in [5.74, 6) is 1.08. The van der Waals surface area contributed by atoms with Gasteiger partial charge in [0.1, 0.15) is 12.4 Å². The zero-order valence-electron chi connectivity index (χ0n) is 13.0. The molecular weight excluding hydrogens is 326 g/mol. The number of hydrogen-bond donors (Lipinski definition) is 0. The molecule has 0 unspecified atom stereocenters. The number of fused-ring (bicyclic) bond motifs is 1. The maximum absolute atomic E-state index is 5.82. The van der Waals surface area contributed by atoms with Crippen LogP contribution in [0.15, 0.2) is 24.3 Å². The molecule has 0 saturated heterocycles. The van der Waals surface area contributed by atoms with Crippen LogP contribution < -0.4 is 4.74 Å². The van der Waals surface area contributed by atoms with Crippen LogP contribution in [0.3, 0.4) is 0 Å². The molecule has 1 aromatic rings. The van der Waals surface area contributed by atoms with Crippen LogP contribution >= 0.6 is 15.9 Å². The number of alkyl halides is 1. The Bertz CT molecular complexity index is 397. The van der Waals surface area contributed by atoms with Gasteiger partial charge in [-0.3, -0.25) is 4.90 Å². The topological polar surface area (TPSA) is 12.5 Å². The van der Waals surface area contributed by atoms with Crippen molar-refractivity contribution in [2.24, 2.45) is 0 Å². The molecular formula is C18H28BrNO. The van der Waals surface area contributed by atoms with E-state index in [1.165, 1.54) is 57.1 Å². The minimum absolute atomic E-state index is 0.823. The molecule has 3 heteroatoms. The molecule has 0 atom stereocenters. The van der Waals surface area contributed by atoms with Crippen LogP contribution in [0.5, 0.6) is 5.75 Å². The first-order chi connectivity index (χ1) is 10.4. The average molecular weight is 354 g/mol. The molecule has 0 aliphatic carbocycles. The van der Waals surface area contributed by atoms with Crippen molar-refractivity contribution in [2.45, 2.75) is 51.5 Å². The first-order valence-electron chi connectivity index (χ1n) is 8.39. The van der Waals surface area contributed by atoms with Crippen LogP contribution in [0.2, 0.25) is 0 Å². The van der Waals surface area contributed by atoms with Crippen LogP contribution in [0.1, 0.15) is 50.5 Å². The number of para-hydroxylation sites is 1. The van der Waals surface area contributed by atoms with Crippen molar-refractivity contribution in [1.29, 1.82) is 0 Å². The number of rotatable bonds is 9. The van der Waals surface area contributed by atoms with E-state index in [1.807, 2.05) is 0 Å². The first-order valence-corrected chi connectivity index (χ1v) is 9.51. The molecule has 0 saturated carbocycles. The van der Waals surface area contributed by atoms with Gasteiger partial charge in [0.2, 0.25) is 0 Å². The fourth-order valence-electron chi connectivity index (χ4n) is 2.88. The molecule has 2 nitrogen and oxygen atoms in total. The van der Waals surface area contributed by atoms with Gasteiger partial charge in [0.25, 0.3) is 0 Å². The number of ether oxygens (including phenoxy) is 1. The molecule has 0 aromatic heterocycles. The summed E-state index contributed by atoms with van der Waals surface area (Å²) in [6, 6.07) is 8.45. The standard InChI is InChI=1S/C18H28BrNO/c19-12-8-4-2-1-3-5-9-13-20-14-15-21-18-11-7-6-10-17(18)16-20/h6-7,10-11H,1-5,8-9,12-16H2. The van der Waals surface area contributed by atoms with E-state index in [0.717, 1.165) is 30.8 Å². The van der Waals surface area contributed by atoms with E-state index in [2.05, 4.69) is 45.1 Å². The molecule has 2 rings (SSSR count). The van der Waals surface area contributed by atoms with Crippen LogP contribution in [-0.2, 0) is 6.54 Å². The maximum Gasteiger partial charge on any atom is 0.123 e. The number of halogens is 1. The highest BCUT2D eigenvalue weighted by molar-refractivity contribution is 9.09. The van der Waals surface area contributed by atoms with Gasteiger partial charge in [-0.2, -0.15) is 0 Å². The highest BCUT2D eigenvalue weighted by Crippen LogP contribution is 2.22. The van der Waals surface area contributed by atoms with Gasteiger partial charge in [0.05, 0.1) is 0 Å². The van der Waals surface area contributed by atoms with Gasteiger partial charge in [-0.15, -0.1) is 0 Å². The van der Waals surface area contributed by atoms with E-state index in [9.17, 15) is 0 Å². The maximum atomic E-state index is 5.82. The minimum atomic E-state index is 0.823. The predicted molar refractivity (Wildman–Crippen MR) is 93.3 cm³/mol. The number of hydrogen-bond acceptors (Lipinski definition) is 2. The first kappa shape index (κ1) is 16.8. The van der Waals surface area contributed by atoms with Crippen LogP contribution in [0, 0.1) is 0 Å². The van der Waals surface area contributed by atoms with Gasteiger partial charge in [0, 0.05) is 24.0 Å². The molecule has 118 valence electrons. The monoisotopic (exact) mass is 353 g/mol. The predicted octanol–water partition coefficient (Wildman–Crippen LogP) is 5.01. The third-order valence-corrected chi connectivity index (χ3v) is 4.70. The van der Waals surface area contributed by atoms with Gasteiger partial charge in [0.15, 0.2) is 0 Å². The lowest BCUT2D eigenvalue weighted by molar-refractivity contribution is 0.222. The Hall–Kier alpha value is -0.540. The Morgan fingerprint density at radius 3 is 2.48 bits per heavy atom. The zero-order chi connectivity index (χ0) is 14.8. The summed E-state index contributed by atoms with van der Waals surface area (Å²) in [5, 5.41) is 1.16. The second-order valence-electron chi connectivity index (χ2n) is 5.90. The number of nitrogens with zero attached hydrogens (tertiary/aromatic N) is 1. The van der Waals surface area contributed by atoms with E-state index in [0.29, 0.717) is 0 Å². The van der Waals surface area contributed by atoms with E-state index in [4.69, 9.17) is 4.74 Å². The molecule has 0 radical (unpaired) electrons. The Morgan fingerprint density at radius 2 is 1.67 bits per heavy atom. The van der Waals surface area contributed by atoms with Gasteiger partial charge in [-0.1, -0.05) is 66.2 Å². The Morgan fingerprint density at radius 1 is 0.952 bits per heavy atom. The van der Waals surface area contributed by atoms with E-state index >= 15 is 0 Å². The van der Waals surface area contributed by atoms with Crippen molar-refractivity contribution in [3.63, 3.8) is 0 Å². The summed E-state index contributed by atoms with van der Waals surface area (Å²) in [4.78, 5) is 2.54. The van der Waals surface area contributed by atoms with Crippen LogP contribution in [0.4, 0.5) is 0 Å². The Balaban J connectivity index is 1.59. The van der Waals surface area contributed by atoms with Gasteiger partial charge >= 0.3 is 0 Å². The highest BCUT2D eigenvalue weighted by atomic mass is 79.9. The lowest BCUT2D eigenvalue weighted by Gasteiger charge is -2.19. The third-order valence-electron chi connectivity index (χ3n) is 4.14. The quantitative estimate of drug-likeness (QED) is 0.457. The lowest BCUT2D eigenvalue weighted by Crippen LogP contribution is -2.26. The summed E-state index contributed by atoms with van der Waals surface area (Å²) < 4.78 is 5.82. The van der Waals surface area contributed by atoms with Crippen LogP contribution in [-0.4, -0.2) is 29.9 Å². The van der Waals surface area contributed by atoms with E-state index in [-0.39, 0.29) is 0 Å². The van der Waals surface area contributed by atoms with Crippen molar-refractivity contribution in [1.82, 2.24) is 4.90 Å². The molecule has 0 spiro atoms. The lowest BCUT2D eigenvalue weighted by atomic mass is 10.1. The van der Waals surface area contributed by atoms with Crippen molar-refractivity contribution in [3.05, 3.63) is 29.8 Å². The molecule has 0 fully saturated rings.